The lowest BCUT2D eigenvalue weighted by Crippen LogP contribution is -2.31. The standard InChI is InChI=1S/C21H27N3O3/c1-15(2)27-19-11-9-18(10-12-19)23-21(26)17-7-5-16(6-8-17)20(25)22-13-14-24(3)4/h5-12,15H,13-14H2,1-4H3,(H,22,25)(H,23,26). The van der Waals surface area contributed by atoms with Crippen LogP contribution in [-0.2, 0) is 0 Å². The molecule has 0 fully saturated rings. The number of nitrogens with zero attached hydrogens (tertiary/aromatic N) is 1. The Labute approximate surface area is 160 Å². The van der Waals surface area contributed by atoms with Crippen LogP contribution in [0.15, 0.2) is 48.5 Å². The molecule has 2 N–H and O–H groups in total. The number of nitrogens with one attached hydrogen (secondary N) is 2. The summed E-state index contributed by atoms with van der Waals surface area (Å²) in [5.74, 6) is 0.379. The molecule has 0 radical (unpaired) electrons. The Hall–Kier alpha value is -2.86. The molecule has 0 aromatic heterocycles. The van der Waals surface area contributed by atoms with Gasteiger partial charge >= 0.3 is 0 Å². The second-order valence-electron chi connectivity index (χ2n) is 6.78. The first-order valence-electron chi connectivity index (χ1n) is 8.96. The Bertz CT molecular complexity index is 753. The lowest BCUT2D eigenvalue weighted by atomic mass is 10.1. The molecule has 2 amide bonds. The van der Waals surface area contributed by atoms with Crippen molar-refractivity contribution in [3.05, 3.63) is 59.7 Å². The van der Waals surface area contributed by atoms with E-state index in [4.69, 9.17) is 4.74 Å². The van der Waals surface area contributed by atoms with E-state index in [2.05, 4.69) is 10.6 Å². The van der Waals surface area contributed by atoms with E-state index in [0.29, 0.717) is 23.4 Å². The molecule has 0 atom stereocenters. The van der Waals surface area contributed by atoms with Crippen molar-refractivity contribution in [2.45, 2.75) is 20.0 Å². The van der Waals surface area contributed by atoms with Gasteiger partial charge in [-0.1, -0.05) is 0 Å². The van der Waals surface area contributed by atoms with E-state index in [0.717, 1.165) is 12.3 Å². The highest BCUT2D eigenvalue weighted by atomic mass is 16.5. The van der Waals surface area contributed by atoms with Gasteiger partial charge in [0.15, 0.2) is 0 Å². The summed E-state index contributed by atoms with van der Waals surface area (Å²) in [4.78, 5) is 26.4. The summed E-state index contributed by atoms with van der Waals surface area (Å²) in [6.07, 6.45) is 0.101. The van der Waals surface area contributed by atoms with Crippen LogP contribution < -0.4 is 15.4 Å². The van der Waals surface area contributed by atoms with Gasteiger partial charge in [-0.3, -0.25) is 9.59 Å². The van der Waals surface area contributed by atoms with Crippen LogP contribution in [0.25, 0.3) is 0 Å². The second kappa shape index (κ2) is 9.73. The molecule has 0 bridgehead atoms. The monoisotopic (exact) mass is 369 g/mol. The van der Waals surface area contributed by atoms with Gasteiger partial charge in [-0.15, -0.1) is 0 Å². The number of carbonyl (C=O) groups is 2. The molecule has 144 valence electrons. The van der Waals surface area contributed by atoms with E-state index < -0.39 is 0 Å². The average Bonchev–Trinajstić information content (AvgIpc) is 2.62. The minimum Gasteiger partial charge on any atom is -0.491 e. The fourth-order valence-corrected chi connectivity index (χ4v) is 2.36. The number of hydrogen-bond donors (Lipinski definition) is 2. The van der Waals surface area contributed by atoms with Crippen LogP contribution in [0.4, 0.5) is 5.69 Å². The Morgan fingerprint density at radius 2 is 1.48 bits per heavy atom. The van der Waals surface area contributed by atoms with Gasteiger partial charge in [0.2, 0.25) is 0 Å². The quantitative estimate of drug-likeness (QED) is 0.750. The number of benzene rings is 2. The van der Waals surface area contributed by atoms with E-state index in [-0.39, 0.29) is 17.9 Å². The van der Waals surface area contributed by atoms with Crippen molar-refractivity contribution in [3.63, 3.8) is 0 Å². The maximum absolute atomic E-state index is 12.4. The number of likely N-dealkylation sites (N-methyl/N-ethyl adjacent to an activating group) is 1. The van der Waals surface area contributed by atoms with Gasteiger partial charge in [-0.2, -0.15) is 0 Å². The first kappa shape index (κ1) is 20.5. The maximum Gasteiger partial charge on any atom is 0.255 e. The van der Waals surface area contributed by atoms with E-state index in [1.807, 2.05) is 45.0 Å². The molecule has 0 saturated heterocycles. The van der Waals surface area contributed by atoms with Gasteiger partial charge < -0.3 is 20.3 Å². The Balaban J connectivity index is 1.92. The second-order valence-corrected chi connectivity index (χ2v) is 6.78. The van der Waals surface area contributed by atoms with Crippen LogP contribution in [0.5, 0.6) is 5.75 Å². The van der Waals surface area contributed by atoms with Crippen molar-refractivity contribution in [1.29, 1.82) is 0 Å². The third kappa shape index (κ3) is 6.75. The zero-order valence-corrected chi connectivity index (χ0v) is 16.3. The molecule has 0 saturated carbocycles. The van der Waals surface area contributed by atoms with Gasteiger partial charge in [0.1, 0.15) is 5.75 Å². The molecule has 0 aliphatic carbocycles. The highest BCUT2D eigenvalue weighted by Crippen LogP contribution is 2.17. The number of hydrogen-bond acceptors (Lipinski definition) is 4. The topological polar surface area (TPSA) is 70.7 Å². The average molecular weight is 369 g/mol. The summed E-state index contributed by atoms with van der Waals surface area (Å²) in [6, 6.07) is 13.8. The fourth-order valence-electron chi connectivity index (χ4n) is 2.36. The first-order valence-corrected chi connectivity index (χ1v) is 8.96. The smallest absolute Gasteiger partial charge is 0.255 e. The van der Waals surface area contributed by atoms with Gasteiger partial charge in [0, 0.05) is 29.9 Å². The fraction of sp³-hybridized carbons (Fsp3) is 0.333. The molecule has 27 heavy (non-hydrogen) atoms. The van der Waals surface area contributed by atoms with E-state index >= 15 is 0 Å². The molecule has 2 aromatic rings. The molecule has 0 spiro atoms. The molecule has 2 aromatic carbocycles. The molecule has 2 rings (SSSR count). The van der Waals surface area contributed by atoms with Crippen molar-refractivity contribution in [2.75, 3.05) is 32.5 Å². The molecular formula is C21H27N3O3. The third-order valence-corrected chi connectivity index (χ3v) is 3.74. The molecular weight excluding hydrogens is 342 g/mol. The Kier molecular flexibility index (Phi) is 7.37. The molecule has 6 nitrogen and oxygen atoms in total. The number of rotatable bonds is 8. The summed E-state index contributed by atoms with van der Waals surface area (Å²) < 4.78 is 5.58. The summed E-state index contributed by atoms with van der Waals surface area (Å²) in [7, 11) is 3.90. The maximum atomic E-state index is 12.4. The van der Waals surface area contributed by atoms with Crippen LogP contribution >= 0.6 is 0 Å². The lowest BCUT2D eigenvalue weighted by Gasteiger charge is -2.11. The van der Waals surface area contributed by atoms with Crippen LogP contribution in [0.3, 0.4) is 0 Å². The normalized spacial score (nSPS) is 10.7. The van der Waals surface area contributed by atoms with E-state index in [1.165, 1.54) is 0 Å². The van der Waals surface area contributed by atoms with Gasteiger partial charge in [0.25, 0.3) is 11.8 Å². The first-order chi connectivity index (χ1) is 12.8. The highest BCUT2D eigenvalue weighted by molar-refractivity contribution is 6.05. The largest absolute Gasteiger partial charge is 0.491 e. The Morgan fingerprint density at radius 3 is 2.00 bits per heavy atom. The van der Waals surface area contributed by atoms with Gasteiger partial charge in [-0.05, 0) is 76.5 Å². The minimum absolute atomic E-state index is 0.101. The Morgan fingerprint density at radius 1 is 0.926 bits per heavy atom. The minimum atomic E-state index is -0.230. The number of ether oxygens (including phenoxy) is 1. The molecule has 0 aliphatic rings. The van der Waals surface area contributed by atoms with Gasteiger partial charge in [0.05, 0.1) is 6.10 Å². The zero-order valence-electron chi connectivity index (χ0n) is 16.3. The summed E-state index contributed by atoms with van der Waals surface area (Å²) in [5.41, 5.74) is 1.70. The highest BCUT2D eigenvalue weighted by Gasteiger charge is 2.09. The summed E-state index contributed by atoms with van der Waals surface area (Å²) in [5, 5.41) is 5.68. The van der Waals surface area contributed by atoms with Crippen molar-refractivity contribution in [2.24, 2.45) is 0 Å². The zero-order chi connectivity index (χ0) is 19.8. The number of carbonyl (C=O) groups excluding carboxylic acids is 2. The summed E-state index contributed by atoms with van der Waals surface area (Å²) >= 11 is 0. The molecule has 0 unspecified atom stereocenters. The number of amides is 2. The van der Waals surface area contributed by atoms with Crippen LogP contribution in [-0.4, -0.2) is 50.0 Å². The molecule has 6 heteroatoms. The van der Waals surface area contributed by atoms with Crippen LogP contribution in [0.1, 0.15) is 34.6 Å². The molecule has 0 heterocycles. The van der Waals surface area contributed by atoms with Crippen LogP contribution in [0, 0.1) is 0 Å². The summed E-state index contributed by atoms with van der Waals surface area (Å²) in [6.45, 7) is 5.27. The van der Waals surface area contributed by atoms with E-state index in [1.54, 1.807) is 36.4 Å². The third-order valence-electron chi connectivity index (χ3n) is 3.74. The molecule has 0 aliphatic heterocycles. The van der Waals surface area contributed by atoms with E-state index in [9.17, 15) is 9.59 Å². The van der Waals surface area contributed by atoms with Crippen molar-refractivity contribution < 1.29 is 14.3 Å². The van der Waals surface area contributed by atoms with Gasteiger partial charge in [-0.25, -0.2) is 0 Å². The SMILES string of the molecule is CC(C)Oc1ccc(NC(=O)c2ccc(C(=O)NCCN(C)C)cc2)cc1. The van der Waals surface area contributed by atoms with Crippen LogP contribution in [0.2, 0.25) is 0 Å². The lowest BCUT2D eigenvalue weighted by molar-refractivity contribution is 0.0949. The van der Waals surface area contributed by atoms with Crippen molar-refractivity contribution in [3.8, 4) is 5.75 Å². The predicted octanol–water partition coefficient (Wildman–Crippen LogP) is 3.02. The van der Waals surface area contributed by atoms with Crippen molar-refractivity contribution in [1.82, 2.24) is 10.2 Å². The number of anilines is 1. The predicted molar refractivity (Wildman–Crippen MR) is 107 cm³/mol. The van der Waals surface area contributed by atoms with Crippen molar-refractivity contribution >= 4 is 17.5 Å².